The van der Waals surface area contributed by atoms with Gasteiger partial charge in [0.2, 0.25) is 11.7 Å². The quantitative estimate of drug-likeness (QED) is 0.148. The lowest BCUT2D eigenvalue weighted by Crippen LogP contribution is -2.53. The summed E-state index contributed by atoms with van der Waals surface area (Å²) >= 11 is 0. The third kappa shape index (κ3) is 6.51. The number of fused-ring (bicyclic) bond motifs is 3. The Labute approximate surface area is 305 Å². The van der Waals surface area contributed by atoms with Gasteiger partial charge in [0, 0.05) is 76.2 Å². The number of hydrogen-bond donors (Lipinski definition) is 1. The second kappa shape index (κ2) is 13.4. The molecule has 4 aromatic heterocycles. The molecule has 54 heavy (non-hydrogen) atoms. The molecule has 18 heteroatoms. The maximum absolute atomic E-state index is 16.7. The standard InChI is InChI=1S/C36H35F5N10O3/c1-35(40,41)33-45-25(54-48-33)7-8-26(52)50-15-19(16-50)14-49(2)32-22-13-43-31(30-27-20(11-24(42)44-30)5-3-6-23(27)38)28(39)29(22)46-34(47-32)53-18-36-9-4-10-51(36)17-21(37)12-36/h3,5-8,11,13,19,21H,4,9-10,12,14-18H2,1-2H3,(H2,42,44)/b8-7+/t21-,36+/m1/s1. The smallest absolute Gasteiger partial charge is 0.319 e. The van der Waals surface area contributed by atoms with Crippen molar-refractivity contribution in [3.63, 3.8) is 0 Å². The predicted molar refractivity (Wildman–Crippen MR) is 187 cm³/mol. The van der Waals surface area contributed by atoms with E-state index in [-0.39, 0.29) is 63.8 Å². The van der Waals surface area contributed by atoms with Crippen molar-refractivity contribution in [1.82, 2.24) is 39.9 Å². The van der Waals surface area contributed by atoms with Gasteiger partial charge in [-0.15, -0.1) is 0 Å². The highest BCUT2D eigenvalue weighted by Gasteiger charge is 2.49. The third-order valence-electron chi connectivity index (χ3n) is 10.3. The summed E-state index contributed by atoms with van der Waals surface area (Å²) in [5.41, 5.74) is 5.03. The van der Waals surface area contributed by atoms with Gasteiger partial charge in [-0.1, -0.05) is 17.3 Å². The molecule has 1 aromatic carbocycles. The topological polar surface area (TPSA) is 153 Å². The SMILES string of the molecule is CN(CC1CN(C(=O)/C=C/c2nc(C(C)(F)F)no2)C1)c1nc(OC[C@@]23CCCN2C[C@H](F)C3)nc2c(F)c(-c3nc(N)cc4cccc(F)c34)ncc12. The van der Waals surface area contributed by atoms with Crippen LogP contribution in [0, 0.1) is 17.6 Å². The number of ether oxygens (including phenoxy) is 1. The minimum Gasteiger partial charge on any atom is -0.461 e. The molecule has 0 unspecified atom stereocenters. The Morgan fingerprint density at radius 2 is 1.98 bits per heavy atom. The summed E-state index contributed by atoms with van der Waals surface area (Å²) in [5, 5.41) is 3.95. The average Bonchev–Trinajstić information content (AvgIpc) is 3.82. The van der Waals surface area contributed by atoms with Crippen molar-refractivity contribution in [1.29, 1.82) is 0 Å². The number of nitrogen functional groups attached to an aromatic ring is 1. The van der Waals surface area contributed by atoms with Gasteiger partial charge in [-0.3, -0.25) is 14.7 Å². The molecule has 3 saturated heterocycles. The fourth-order valence-electron chi connectivity index (χ4n) is 7.72. The van der Waals surface area contributed by atoms with E-state index in [2.05, 4.69) is 35.0 Å². The number of aromatic nitrogens is 6. The van der Waals surface area contributed by atoms with Crippen LogP contribution in [0.1, 0.15) is 37.9 Å². The summed E-state index contributed by atoms with van der Waals surface area (Å²) < 4.78 is 84.2. The highest BCUT2D eigenvalue weighted by molar-refractivity contribution is 5.99. The first-order chi connectivity index (χ1) is 25.8. The van der Waals surface area contributed by atoms with Gasteiger partial charge in [0.25, 0.3) is 5.89 Å². The van der Waals surface area contributed by atoms with Crippen LogP contribution in [0.2, 0.25) is 0 Å². The van der Waals surface area contributed by atoms with Gasteiger partial charge in [-0.05, 0) is 36.9 Å². The Morgan fingerprint density at radius 1 is 1.17 bits per heavy atom. The van der Waals surface area contributed by atoms with Gasteiger partial charge in [-0.25, -0.2) is 18.2 Å². The number of rotatable bonds is 10. The first-order valence-corrected chi connectivity index (χ1v) is 17.4. The second-order valence-electron chi connectivity index (χ2n) is 14.3. The van der Waals surface area contributed by atoms with Gasteiger partial charge in [-0.2, -0.15) is 23.7 Å². The first-order valence-electron chi connectivity index (χ1n) is 17.4. The predicted octanol–water partition coefficient (Wildman–Crippen LogP) is 5.16. The molecule has 13 nitrogen and oxygen atoms in total. The molecule has 3 fully saturated rings. The summed E-state index contributed by atoms with van der Waals surface area (Å²) in [6.45, 7) is 2.93. The van der Waals surface area contributed by atoms with Crippen molar-refractivity contribution in [2.75, 3.05) is 57.0 Å². The van der Waals surface area contributed by atoms with Crippen molar-refractivity contribution < 1.29 is 36.0 Å². The molecule has 3 aliphatic heterocycles. The molecule has 2 N–H and O–H groups in total. The molecular weight excluding hydrogens is 715 g/mol. The van der Waals surface area contributed by atoms with Gasteiger partial charge in [0.15, 0.2) is 5.82 Å². The van der Waals surface area contributed by atoms with Gasteiger partial charge < -0.3 is 24.8 Å². The molecule has 7 heterocycles. The van der Waals surface area contributed by atoms with E-state index in [1.165, 1.54) is 36.5 Å². The third-order valence-corrected chi connectivity index (χ3v) is 10.3. The summed E-state index contributed by atoms with van der Waals surface area (Å²) in [7, 11) is 1.75. The van der Waals surface area contributed by atoms with E-state index in [9.17, 15) is 18.0 Å². The van der Waals surface area contributed by atoms with E-state index < -0.39 is 35.1 Å². The van der Waals surface area contributed by atoms with Gasteiger partial charge in [0.05, 0.1) is 10.9 Å². The Hall–Kier alpha value is -5.52. The largest absolute Gasteiger partial charge is 0.461 e. The molecule has 1 amide bonds. The number of anilines is 2. The lowest BCUT2D eigenvalue weighted by atomic mass is 9.95. The zero-order valence-electron chi connectivity index (χ0n) is 29.3. The number of alkyl halides is 3. The molecule has 3 aliphatic rings. The van der Waals surface area contributed by atoms with Crippen LogP contribution in [-0.4, -0.2) is 104 Å². The van der Waals surface area contributed by atoms with Crippen LogP contribution in [0.25, 0.3) is 39.1 Å². The fraction of sp³-hybridized carbons (Fsp3) is 0.417. The zero-order valence-corrected chi connectivity index (χ0v) is 29.3. The minimum atomic E-state index is -3.28. The van der Waals surface area contributed by atoms with Gasteiger partial charge >= 0.3 is 11.9 Å². The zero-order chi connectivity index (χ0) is 37.9. The minimum absolute atomic E-state index is 0.0238. The van der Waals surface area contributed by atoms with Crippen LogP contribution < -0.4 is 15.4 Å². The fourth-order valence-corrected chi connectivity index (χ4v) is 7.72. The molecule has 0 radical (unpaired) electrons. The van der Waals surface area contributed by atoms with E-state index >= 15 is 8.78 Å². The van der Waals surface area contributed by atoms with Crippen molar-refractivity contribution in [2.45, 2.75) is 43.8 Å². The highest BCUT2D eigenvalue weighted by atomic mass is 19.3. The number of carbonyl (C=O) groups is 1. The summed E-state index contributed by atoms with van der Waals surface area (Å²) in [6, 6.07) is 5.76. The summed E-state index contributed by atoms with van der Waals surface area (Å²) in [5.74, 6) is -5.85. The van der Waals surface area contributed by atoms with Crippen LogP contribution in [0.5, 0.6) is 6.01 Å². The van der Waals surface area contributed by atoms with Crippen molar-refractivity contribution in [3.8, 4) is 17.4 Å². The molecule has 2 atom stereocenters. The van der Waals surface area contributed by atoms with Crippen molar-refractivity contribution in [2.24, 2.45) is 5.92 Å². The molecule has 5 aromatic rings. The number of carbonyl (C=O) groups excluding carboxylic acids is 1. The Morgan fingerprint density at radius 3 is 2.76 bits per heavy atom. The second-order valence-corrected chi connectivity index (χ2v) is 14.3. The van der Waals surface area contributed by atoms with Crippen LogP contribution >= 0.6 is 0 Å². The Kier molecular flexibility index (Phi) is 8.81. The Balaban J connectivity index is 1.07. The van der Waals surface area contributed by atoms with Crippen molar-refractivity contribution >= 4 is 45.3 Å². The number of benzene rings is 1. The highest BCUT2D eigenvalue weighted by Crippen LogP contribution is 2.41. The van der Waals surface area contributed by atoms with Crippen LogP contribution in [0.15, 0.2) is 41.1 Å². The lowest BCUT2D eigenvalue weighted by molar-refractivity contribution is -0.131. The van der Waals surface area contributed by atoms with E-state index in [4.69, 9.17) is 15.0 Å². The van der Waals surface area contributed by atoms with Crippen LogP contribution in [-0.2, 0) is 10.7 Å². The van der Waals surface area contributed by atoms with Crippen molar-refractivity contribution in [3.05, 3.63) is 59.9 Å². The maximum atomic E-state index is 16.7. The molecular formula is C36H35F5N10O3. The van der Waals surface area contributed by atoms with E-state index in [1.54, 1.807) is 22.9 Å². The number of nitrogens with two attached hydrogens (primary N) is 1. The molecule has 0 aliphatic carbocycles. The number of hydrogen-bond acceptors (Lipinski definition) is 12. The molecule has 8 rings (SSSR count). The van der Waals surface area contributed by atoms with E-state index in [0.717, 1.165) is 19.4 Å². The molecule has 0 saturated carbocycles. The number of amides is 1. The van der Waals surface area contributed by atoms with Gasteiger partial charge in [0.1, 0.15) is 47.1 Å². The molecule has 282 valence electrons. The molecule has 0 bridgehead atoms. The summed E-state index contributed by atoms with van der Waals surface area (Å²) in [6.07, 6.45) is 4.71. The molecule has 0 spiro atoms. The monoisotopic (exact) mass is 750 g/mol. The number of nitrogens with zero attached hydrogens (tertiary/aromatic N) is 9. The van der Waals surface area contributed by atoms with Crippen LogP contribution in [0.3, 0.4) is 0 Å². The van der Waals surface area contributed by atoms with E-state index in [0.29, 0.717) is 50.7 Å². The first kappa shape index (κ1) is 35.5. The van der Waals surface area contributed by atoms with E-state index in [1.807, 2.05) is 0 Å². The lowest BCUT2D eigenvalue weighted by Gasteiger charge is -2.40. The number of halogens is 5. The Bertz CT molecular complexity index is 2300. The number of pyridine rings is 2. The summed E-state index contributed by atoms with van der Waals surface area (Å²) in [4.78, 5) is 39.5. The number of likely N-dealkylation sites (tertiary alicyclic amines) is 1. The normalized spacial score (nSPS) is 20.6. The maximum Gasteiger partial charge on any atom is 0.319 e. The van der Waals surface area contributed by atoms with Crippen LogP contribution in [0.4, 0.5) is 33.6 Å². The average molecular weight is 751 g/mol.